The third-order valence-corrected chi connectivity index (χ3v) is 4.58. The molecule has 0 radical (unpaired) electrons. The number of nitrogens with zero attached hydrogens (tertiary/aromatic N) is 2. The Hall–Kier alpha value is -1.75. The van der Waals surface area contributed by atoms with E-state index in [1.807, 2.05) is 19.1 Å². The van der Waals surface area contributed by atoms with E-state index in [-0.39, 0.29) is 5.91 Å². The van der Waals surface area contributed by atoms with Crippen LogP contribution in [0.3, 0.4) is 0 Å². The number of hydrogen-bond acceptors (Lipinski definition) is 4. The van der Waals surface area contributed by atoms with E-state index in [9.17, 15) is 4.79 Å². The fourth-order valence-electron chi connectivity index (χ4n) is 2.24. The van der Waals surface area contributed by atoms with Crippen molar-refractivity contribution < 1.29 is 4.79 Å². The lowest BCUT2D eigenvalue weighted by Crippen LogP contribution is -2.15. The molecule has 1 aromatic carbocycles. The minimum atomic E-state index is -0.113. The summed E-state index contributed by atoms with van der Waals surface area (Å²) in [4.78, 5) is 12.5. The molecule has 0 aliphatic rings. The quantitative estimate of drug-likeness (QED) is 0.877. The summed E-state index contributed by atoms with van der Waals surface area (Å²) in [6.45, 7) is 10.6. The summed E-state index contributed by atoms with van der Waals surface area (Å²) in [7, 11) is 0. The van der Waals surface area contributed by atoms with Gasteiger partial charge >= 0.3 is 0 Å². The fourth-order valence-corrected chi connectivity index (χ4v) is 2.91. The van der Waals surface area contributed by atoms with Crippen LogP contribution in [-0.4, -0.2) is 16.1 Å². The van der Waals surface area contributed by atoms with E-state index >= 15 is 0 Å². The Labute approximate surface area is 136 Å². The smallest absolute Gasteiger partial charge is 0.257 e. The van der Waals surface area contributed by atoms with Crippen molar-refractivity contribution >= 4 is 22.4 Å². The van der Waals surface area contributed by atoms with E-state index in [0.717, 1.165) is 17.0 Å². The lowest BCUT2D eigenvalue weighted by atomic mass is 9.91. The first-order valence-electron chi connectivity index (χ1n) is 7.70. The van der Waals surface area contributed by atoms with Crippen molar-refractivity contribution in [3.05, 3.63) is 39.9 Å². The molecule has 1 amide bonds. The molecule has 4 nitrogen and oxygen atoms in total. The Morgan fingerprint density at radius 2 is 1.91 bits per heavy atom. The number of benzene rings is 1. The molecule has 1 N–H and O–H groups in total. The highest BCUT2D eigenvalue weighted by Gasteiger charge is 2.17. The molecule has 0 aliphatic heterocycles. The van der Waals surface area contributed by atoms with Crippen molar-refractivity contribution in [2.24, 2.45) is 0 Å². The van der Waals surface area contributed by atoms with Crippen LogP contribution in [0.1, 0.15) is 72.9 Å². The molecule has 0 saturated heterocycles. The van der Waals surface area contributed by atoms with Crippen molar-refractivity contribution in [2.75, 3.05) is 5.32 Å². The topological polar surface area (TPSA) is 54.9 Å². The van der Waals surface area contributed by atoms with Crippen molar-refractivity contribution in [1.29, 1.82) is 0 Å². The van der Waals surface area contributed by atoms with E-state index in [1.165, 1.54) is 16.9 Å². The van der Waals surface area contributed by atoms with Crippen LogP contribution in [0.4, 0.5) is 5.13 Å². The predicted molar refractivity (Wildman–Crippen MR) is 91.9 cm³/mol. The Balaban J connectivity index is 2.28. The number of rotatable bonds is 5. The Bertz CT molecular complexity index is 662. The second-order valence-electron chi connectivity index (χ2n) is 5.96. The van der Waals surface area contributed by atoms with Gasteiger partial charge in [-0.3, -0.25) is 10.1 Å². The molecule has 1 aromatic heterocycles. The zero-order valence-corrected chi connectivity index (χ0v) is 14.6. The molecule has 118 valence electrons. The van der Waals surface area contributed by atoms with Gasteiger partial charge in [-0.15, -0.1) is 10.2 Å². The number of aromatic nitrogens is 2. The molecule has 0 bridgehead atoms. The molecule has 0 atom stereocenters. The highest BCUT2D eigenvalue weighted by Crippen LogP contribution is 2.26. The number of carbonyl (C=O) groups is 1. The zero-order chi connectivity index (χ0) is 16.3. The predicted octanol–water partition coefficient (Wildman–Crippen LogP) is 4.60. The number of aryl methyl sites for hydroxylation is 1. The van der Waals surface area contributed by atoms with E-state index < -0.39 is 0 Å². The lowest BCUT2D eigenvalue weighted by molar-refractivity contribution is 0.102. The summed E-state index contributed by atoms with van der Waals surface area (Å²) >= 11 is 1.42. The van der Waals surface area contributed by atoms with Gasteiger partial charge < -0.3 is 0 Å². The summed E-state index contributed by atoms with van der Waals surface area (Å²) in [5, 5.41) is 12.4. The van der Waals surface area contributed by atoms with Crippen LogP contribution < -0.4 is 5.32 Å². The van der Waals surface area contributed by atoms with Crippen LogP contribution in [0, 0.1) is 0 Å². The van der Waals surface area contributed by atoms with Gasteiger partial charge in [0.05, 0.1) is 0 Å². The van der Waals surface area contributed by atoms with Crippen LogP contribution >= 0.6 is 11.3 Å². The molecular formula is C17H23N3OS. The third-order valence-electron chi connectivity index (χ3n) is 3.60. The molecule has 0 aliphatic carbocycles. The van der Waals surface area contributed by atoms with E-state index in [1.54, 1.807) is 0 Å². The summed E-state index contributed by atoms with van der Waals surface area (Å²) in [6, 6.07) is 6.09. The number of anilines is 1. The van der Waals surface area contributed by atoms with Gasteiger partial charge in [-0.25, -0.2) is 0 Å². The van der Waals surface area contributed by atoms with Gasteiger partial charge in [-0.2, -0.15) is 0 Å². The Morgan fingerprint density at radius 3 is 2.45 bits per heavy atom. The van der Waals surface area contributed by atoms with Crippen molar-refractivity contribution in [3.8, 4) is 0 Å². The van der Waals surface area contributed by atoms with Crippen LogP contribution in [0.2, 0.25) is 0 Å². The van der Waals surface area contributed by atoms with Crippen LogP contribution in [0.15, 0.2) is 18.2 Å². The summed E-state index contributed by atoms with van der Waals surface area (Å²) in [5.41, 5.74) is 3.04. The molecule has 22 heavy (non-hydrogen) atoms. The molecular weight excluding hydrogens is 294 g/mol. The first-order valence-corrected chi connectivity index (χ1v) is 8.51. The maximum absolute atomic E-state index is 12.5. The highest BCUT2D eigenvalue weighted by atomic mass is 32.1. The third kappa shape index (κ3) is 3.71. The van der Waals surface area contributed by atoms with Crippen molar-refractivity contribution in [2.45, 2.75) is 52.9 Å². The van der Waals surface area contributed by atoms with Gasteiger partial charge in [0.1, 0.15) is 5.01 Å². The number of hydrogen-bond donors (Lipinski definition) is 1. The number of nitrogens with one attached hydrogen (secondary N) is 1. The Morgan fingerprint density at radius 1 is 1.18 bits per heavy atom. The summed E-state index contributed by atoms with van der Waals surface area (Å²) in [5.74, 6) is 0.628. The molecule has 2 aromatic rings. The molecule has 0 saturated carbocycles. The van der Waals surface area contributed by atoms with Gasteiger partial charge in [0.15, 0.2) is 0 Å². The van der Waals surface area contributed by atoms with Gasteiger partial charge in [0.2, 0.25) is 5.13 Å². The summed E-state index contributed by atoms with van der Waals surface area (Å²) in [6.07, 6.45) is 0.827. The molecule has 0 unspecified atom stereocenters. The molecule has 5 heteroatoms. The van der Waals surface area contributed by atoms with Crippen molar-refractivity contribution in [3.63, 3.8) is 0 Å². The summed E-state index contributed by atoms with van der Waals surface area (Å²) < 4.78 is 0. The van der Waals surface area contributed by atoms with E-state index in [4.69, 9.17) is 0 Å². The standard InChI is InChI=1S/C17H23N3OS/c1-6-15-19-20-17(22-15)18-16(21)13-8-7-12(10(2)3)9-14(13)11(4)5/h7-11H,6H2,1-5H3,(H,18,20,21). The molecule has 0 fully saturated rings. The SMILES string of the molecule is CCc1nnc(NC(=O)c2ccc(C(C)C)cc2C(C)C)s1. The number of carbonyl (C=O) groups excluding carboxylic acids is 1. The van der Waals surface area contributed by atoms with E-state index in [2.05, 4.69) is 49.3 Å². The first kappa shape index (κ1) is 16.6. The van der Waals surface area contributed by atoms with Gasteiger partial charge in [0, 0.05) is 5.56 Å². The molecule has 1 heterocycles. The minimum absolute atomic E-state index is 0.113. The second-order valence-corrected chi connectivity index (χ2v) is 7.03. The van der Waals surface area contributed by atoms with Gasteiger partial charge in [-0.05, 0) is 35.4 Å². The second kappa shape index (κ2) is 7.01. The van der Waals surface area contributed by atoms with Crippen LogP contribution in [0.5, 0.6) is 0 Å². The maximum Gasteiger partial charge on any atom is 0.257 e. The lowest BCUT2D eigenvalue weighted by Gasteiger charge is -2.15. The van der Waals surface area contributed by atoms with Gasteiger partial charge in [-0.1, -0.05) is 58.1 Å². The molecule has 2 rings (SSSR count). The largest absolute Gasteiger partial charge is 0.296 e. The first-order chi connectivity index (χ1) is 10.4. The number of amides is 1. The van der Waals surface area contributed by atoms with Crippen molar-refractivity contribution in [1.82, 2.24) is 10.2 Å². The van der Waals surface area contributed by atoms with E-state index in [0.29, 0.717) is 22.5 Å². The fraction of sp³-hybridized carbons (Fsp3) is 0.471. The zero-order valence-electron chi connectivity index (χ0n) is 13.8. The minimum Gasteiger partial charge on any atom is -0.296 e. The highest BCUT2D eigenvalue weighted by molar-refractivity contribution is 7.15. The molecule has 0 spiro atoms. The average Bonchev–Trinajstić information content (AvgIpc) is 2.94. The van der Waals surface area contributed by atoms with Crippen LogP contribution in [0.25, 0.3) is 0 Å². The van der Waals surface area contributed by atoms with Crippen LogP contribution in [-0.2, 0) is 6.42 Å². The normalized spacial score (nSPS) is 11.2. The monoisotopic (exact) mass is 317 g/mol. The maximum atomic E-state index is 12.5. The van der Waals surface area contributed by atoms with Gasteiger partial charge in [0.25, 0.3) is 5.91 Å². The average molecular weight is 317 g/mol. The Kier molecular flexibility index (Phi) is 5.29.